The van der Waals surface area contributed by atoms with Crippen LogP contribution < -0.4 is 10.1 Å². The molecule has 0 aliphatic heterocycles. The highest BCUT2D eigenvalue weighted by Gasteiger charge is 2.13. The number of carbonyl (C=O) groups is 1. The van der Waals surface area contributed by atoms with Gasteiger partial charge in [-0.3, -0.25) is 0 Å². The quantitative estimate of drug-likeness (QED) is 0.831. The van der Waals surface area contributed by atoms with Crippen molar-refractivity contribution in [1.82, 2.24) is 9.47 Å². The van der Waals surface area contributed by atoms with Crippen molar-refractivity contribution < 1.29 is 18.3 Å². The molecule has 0 saturated heterocycles. The largest absolute Gasteiger partial charge is 0.433 e. The SMILES string of the molecule is CCn1ccc(CN(C)C(=O)Nc2ccc(OC(F)F)c(Cl)c2)c1. The number of ether oxygens (including phenoxy) is 1. The Balaban J connectivity index is 1.96. The van der Waals surface area contributed by atoms with E-state index in [-0.39, 0.29) is 16.8 Å². The Labute approximate surface area is 143 Å². The van der Waals surface area contributed by atoms with E-state index in [1.807, 2.05) is 30.0 Å². The van der Waals surface area contributed by atoms with E-state index in [2.05, 4.69) is 10.1 Å². The van der Waals surface area contributed by atoms with E-state index < -0.39 is 6.61 Å². The molecule has 0 bridgehead atoms. The lowest BCUT2D eigenvalue weighted by molar-refractivity contribution is -0.0497. The first-order chi connectivity index (χ1) is 11.4. The second-order valence-corrected chi connectivity index (χ2v) is 5.57. The fraction of sp³-hybridized carbons (Fsp3) is 0.312. The number of alkyl halides is 2. The van der Waals surface area contributed by atoms with Crippen molar-refractivity contribution in [3.05, 3.63) is 47.2 Å². The van der Waals surface area contributed by atoms with Gasteiger partial charge >= 0.3 is 12.6 Å². The molecule has 130 valence electrons. The highest BCUT2D eigenvalue weighted by Crippen LogP contribution is 2.29. The van der Waals surface area contributed by atoms with Crippen LogP contribution in [0.3, 0.4) is 0 Å². The van der Waals surface area contributed by atoms with Crippen molar-refractivity contribution in [3.63, 3.8) is 0 Å². The lowest BCUT2D eigenvalue weighted by atomic mass is 10.3. The van der Waals surface area contributed by atoms with Crippen LogP contribution in [0.15, 0.2) is 36.7 Å². The van der Waals surface area contributed by atoms with Gasteiger partial charge in [0, 0.05) is 38.2 Å². The van der Waals surface area contributed by atoms with Crippen LogP contribution in [0.2, 0.25) is 5.02 Å². The number of anilines is 1. The summed E-state index contributed by atoms with van der Waals surface area (Å²) in [4.78, 5) is 13.7. The predicted octanol–water partition coefficient (Wildman–Crippen LogP) is 4.43. The van der Waals surface area contributed by atoms with E-state index in [0.29, 0.717) is 12.2 Å². The lowest BCUT2D eigenvalue weighted by Crippen LogP contribution is -2.30. The summed E-state index contributed by atoms with van der Waals surface area (Å²) in [6, 6.07) is 5.70. The summed E-state index contributed by atoms with van der Waals surface area (Å²) < 4.78 is 30.7. The van der Waals surface area contributed by atoms with Crippen LogP contribution in [0.25, 0.3) is 0 Å². The minimum absolute atomic E-state index is 0.00391. The molecule has 0 spiro atoms. The minimum atomic E-state index is -2.95. The van der Waals surface area contributed by atoms with Gasteiger partial charge in [-0.05, 0) is 36.8 Å². The molecule has 0 aliphatic rings. The Kier molecular flexibility index (Phi) is 6.03. The number of aryl methyl sites for hydroxylation is 1. The molecule has 0 unspecified atom stereocenters. The maximum absolute atomic E-state index is 12.2. The molecular weight excluding hydrogens is 340 g/mol. The van der Waals surface area contributed by atoms with Gasteiger partial charge in [0.15, 0.2) is 0 Å². The zero-order valence-electron chi connectivity index (χ0n) is 13.3. The highest BCUT2D eigenvalue weighted by molar-refractivity contribution is 6.32. The normalized spacial score (nSPS) is 10.8. The molecule has 2 rings (SSSR count). The molecule has 0 aliphatic carbocycles. The van der Waals surface area contributed by atoms with Gasteiger partial charge in [-0.15, -0.1) is 0 Å². The number of halogens is 3. The maximum Gasteiger partial charge on any atom is 0.387 e. The summed E-state index contributed by atoms with van der Waals surface area (Å²) in [5, 5.41) is 2.65. The van der Waals surface area contributed by atoms with Crippen LogP contribution >= 0.6 is 11.6 Å². The van der Waals surface area contributed by atoms with Crippen LogP contribution in [-0.4, -0.2) is 29.2 Å². The van der Waals surface area contributed by atoms with Gasteiger partial charge in [-0.25, -0.2) is 4.79 Å². The Morgan fingerprint density at radius 2 is 2.17 bits per heavy atom. The Morgan fingerprint density at radius 1 is 1.42 bits per heavy atom. The number of hydrogen-bond acceptors (Lipinski definition) is 2. The summed E-state index contributed by atoms with van der Waals surface area (Å²) in [6.45, 7) is 0.385. The number of carbonyl (C=O) groups excluding carboxylic acids is 1. The molecule has 1 aromatic heterocycles. The molecule has 1 aromatic carbocycles. The zero-order chi connectivity index (χ0) is 17.7. The highest BCUT2D eigenvalue weighted by atomic mass is 35.5. The van der Waals surface area contributed by atoms with Gasteiger partial charge in [0.05, 0.1) is 5.02 Å². The Morgan fingerprint density at radius 3 is 2.75 bits per heavy atom. The first-order valence-electron chi connectivity index (χ1n) is 7.30. The van der Waals surface area contributed by atoms with Gasteiger partial charge < -0.3 is 19.5 Å². The van der Waals surface area contributed by atoms with Gasteiger partial charge in [-0.1, -0.05) is 11.6 Å². The predicted molar refractivity (Wildman–Crippen MR) is 88.7 cm³/mol. The average Bonchev–Trinajstić information content (AvgIpc) is 2.97. The molecule has 0 radical (unpaired) electrons. The number of amides is 2. The summed E-state index contributed by atoms with van der Waals surface area (Å²) in [5.41, 5.74) is 1.40. The number of rotatable bonds is 6. The molecule has 2 aromatic rings. The van der Waals surface area contributed by atoms with Crippen LogP contribution in [0.4, 0.5) is 19.3 Å². The topological polar surface area (TPSA) is 46.5 Å². The number of benzene rings is 1. The molecule has 1 heterocycles. The van der Waals surface area contributed by atoms with Crippen molar-refractivity contribution in [3.8, 4) is 5.75 Å². The summed E-state index contributed by atoms with van der Waals surface area (Å²) in [7, 11) is 1.66. The lowest BCUT2D eigenvalue weighted by Gasteiger charge is -2.18. The van der Waals surface area contributed by atoms with Crippen molar-refractivity contribution >= 4 is 23.3 Å². The number of hydrogen-bond donors (Lipinski definition) is 1. The summed E-state index contributed by atoms with van der Waals surface area (Å²) in [5.74, 6) is -0.140. The van der Waals surface area contributed by atoms with E-state index in [0.717, 1.165) is 12.1 Å². The van der Waals surface area contributed by atoms with Crippen molar-refractivity contribution in [2.75, 3.05) is 12.4 Å². The maximum atomic E-state index is 12.2. The van der Waals surface area contributed by atoms with Gasteiger partial charge in [0.1, 0.15) is 5.75 Å². The first-order valence-corrected chi connectivity index (χ1v) is 7.68. The van der Waals surface area contributed by atoms with Gasteiger partial charge in [-0.2, -0.15) is 8.78 Å². The fourth-order valence-electron chi connectivity index (χ4n) is 2.12. The molecule has 0 fully saturated rings. The second-order valence-electron chi connectivity index (χ2n) is 5.16. The van der Waals surface area contributed by atoms with Crippen molar-refractivity contribution in [1.29, 1.82) is 0 Å². The third-order valence-electron chi connectivity index (χ3n) is 3.34. The number of nitrogens with zero attached hydrogens (tertiary/aromatic N) is 2. The summed E-state index contributed by atoms with van der Waals surface area (Å²) in [6.07, 6.45) is 3.92. The first kappa shape index (κ1) is 18.1. The zero-order valence-corrected chi connectivity index (χ0v) is 14.1. The Bertz CT molecular complexity index is 706. The summed E-state index contributed by atoms with van der Waals surface area (Å²) >= 11 is 5.86. The molecule has 0 saturated carbocycles. The van der Waals surface area contributed by atoms with Gasteiger partial charge in [0.2, 0.25) is 0 Å². The molecule has 2 amide bonds. The minimum Gasteiger partial charge on any atom is -0.433 e. The van der Waals surface area contributed by atoms with E-state index >= 15 is 0 Å². The standard InChI is InChI=1S/C16H18ClF2N3O2/c1-3-22-7-6-11(10-22)9-21(2)16(23)20-12-4-5-14(13(17)8-12)24-15(18)19/h4-8,10,15H,3,9H2,1-2H3,(H,20,23). The smallest absolute Gasteiger partial charge is 0.387 e. The van der Waals surface area contributed by atoms with Crippen LogP contribution in [0.1, 0.15) is 12.5 Å². The number of aromatic nitrogens is 1. The van der Waals surface area contributed by atoms with E-state index in [9.17, 15) is 13.6 Å². The van der Waals surface area contributed by atoms with E-state index in [1.54, 1.807) is 7.05 Å². The van der Waals surface area contributed by atoms with Crippen molar-refractivity contribution in [2.24, 2.45) is 0 Å². The molecule has 1 N–H and O–H groups in total. The Hall–Kier alpha value is -2.28. The van der Waals surface area contributed by atoms with E-state index in [4.69, 9.17) is 11.6 Å². The molecule has 5 nitrogen and oxygen atoms in total. The monoisotopic (exact) mass is 357 g/mol. The second kappa shape index (κ2) is 8.01. The van der Waals surface area contributed by atoms with Gasteiger partial charge in [0.25, 0.3) is 0 Å². The van der Waals surface area contributed by atoms with E-state index in [1.165, 1.54) is 23.1 Å². The average molecular weight is 358 g/mol. The third kappa shape index (κ3) is 4.86. The van der Waals surface area contributed by atoms with Crippen LogP contribution in [0, 0.1) is 0 Å². The third-order valence-corrected chi connectivity index (χ3v) is 3.64. The van der Waals surface area contributed by atoms with Crippen molar-refractivity contribution in [2.45, 2.75) is 26.6 Å². The molecular formula is C16H18ClF2N3O2. The molecule has 8 heteroatoms. The molecule has 24 heavy (non-hydrogen) atoms. The van der Waals surface area contributed by atoms with Crippen LogP contribution in [0.5, 0.6) is 5.75 Å². The molecule has 0 atom stereocenters. The number of nitrogens with one attached hydrogen (secondary N) is 1. The number of urea groups is 1. The van der Waals surface area contributed by atoms with Crippen LogP contribution in [-0.2, 0) is 13.1 Å². The fourth-order valence-corrected chi connectivity index (χ4v) is 2.34.